The Hall–Kier alpha value is -7.74. The number of hydrogen-bond donors (Lipinski definition) is 0. The van der Waals surface area contributed by atoms with Crippen LogP contribution in [-0.2, 0) is 10.8 Å². The molecule has 5 aliphatic carbocycles. The largest absolute Gasteiger partial charge is 0.456 e. The van der Waals surface area contributed by atoms with Crippen LogP contribution in [0.15, 0.2) is 217 Å². The lowest BCUT2D eigenvalue weighted by Crippen LogP contribution is -2.33. The smallest absolute Gasteiger partial charge is 0.140 e. The molecule has 0 aromatic heterocycles. The normalized spacial score (nSPS) is 21.1. The molecular formula is C65H44O. The van der Waals surface area contributed by atoms with Crippen molar-refractivity contribution in [1.82, 2.24) is 0 Å². The Kier molecular flexibility index (Phi) is 7.31. The lowest BCUT2D eigenvalue weighted by atomic mass is 9.63. The molecule has 0 saturated heterocycles. The molecule has 1 heterocycles. The summed E-state index contributed by atoms with van der Waals surface area (Å²) in [5.74, 6) is 2.29. The number of rotatable bonds is 2. The second-order valence-corrected chi connectivity index (χ2v) is 19.3. The van der Waals surface area contributed by atoms with Gasteiger partial charge in [-0.25, -0.2) is 0 Å². The lowest BCUT2D eigenvalue weighted by molar-refractivity contribution is 0.441. The first-order valence-electron chi connectivity index (χ1n) is 23.8. The van der Waals surface area contributed by atoms with Crippen molar-refractivity contribution in [2.45, 2.75) is 37.0 Å². The van der Waals surface area contributed by atoms with Crippen molar-refractivity contribution in [3.8, 4) is 44.9 Å². The highest BCUT2D eigenvalue weighted by Gasteiger charge is 2.55. The van der Waals surface area contributed by atoms with Crippen LogP contribution in [0.1, 0.15) is 70.7 Å². The molecular weight excluding hydrogens is 797 g/mol. The average molecular weight is 841 g/mol. The van der Waals surface area contributed by atoms with Crippen LogP contribution in [0.3, 0.4) is 0 Å². The van der Waals surface area contributed by atoms with Gasteiger partial charge < -0.3 is 4.74 Å². The van der Waals surface area contributed by atoms with Gasteiger partial charge in [-0.2, -0.15) is 0 Å². The molecule has 9 aromatic rings. The molecule has 2 spiro atoms. The van der Waals surface area contributed by atoms with E-state index >= 15 is 0 Å². The SMILES string of the molecule is CC1CC=CC2=C1c1ccccc1C21c2ccccc2Oc2c1cc(-c1ccccc1-c1ccc3c(c1)C1(C4=C3C=CCC4)c3ccccc3-c3cc4ccccc4cc31)c1ccccc21. The summed E-state index contributed by atoms with van der Waals surface area (Å²) in [6.45, 7) is 2.40. The number of ether oxygens (including phenoxy) is 1. The van der Waals surface area contributed by atoms with E-state index in [1.165, 1.54) is 116 Å². The second-order valence-electron chi connectivity index (χ2n) is 19.3. The minimum absolute atomic E-state index is 0.377. The van der Waals surface area contributed by atoms with Crippen LogP contribution in [0, 0.1) is 5.92 Å². The van der Waals surface area contributed by atoms with E-state index in [0.717, 1.165) is 36.1 Å². The van der Waals surface area contributed by atoms with Gasteiger partial charge in [0.05, 0.1) is 10.8 Å². The van der Waals surface area contributed by atoms with E-state index in [9.17, 15) is 0 Å². The highest BCUT2D eigenvalue weighted by Crippen LogP contribution is 2.67. The number of fused-ring (bicyclic) bond motifs is 20. The summed E-state index contributed by atoms with van der Waals surface area (Å²) in [7, 11) is 0. The summed E-state index contributed by atoms with van der Waals surface area (Å²) < 4.78 is 7.18. The Morgan fingerprint density at radius 1 is 0.455 bits per heavy atom. The summed E-state index contributed by atoms with van der Waals surface area (Å²) in [5.41, 5.74) is 23.2. The van der Waals surface area contributed by atoms with Crippen molar-refractivity contribution in [3.63, 3.8) is 0 Å². The van der Waals surface area contributed by atoms with Gasteiger partial charge in [-0.3, -0.25) is 0 Å². The topological polar surface area (TPSA) is 9.23 Å². The van der Waals surface area contributed by atoms with E-state index in [2.05, 4.69) is 213 Å². The Balaban J connectivity index is 0.999. The summed E-state index contributed by atoms with van der Waals surface area (Å²) >= 11 is 0. The molecule has 66 heavy (non-hydrogen) atoms. The molecule has 6 aliphatic rings. The van der Waals surface area contributed by atoms with Gasteiger partial charge in [0.1, 0.15) is 11.5 Å². The number of para-hydroxylation sites is 1. The fraction of sp³-hybridized carbons (Fsp3) is 0.108. The Morgan fingerprint density at radius 2 is 1.12 bits per heavy atom. The van der Waals surface area contributed by atoms with Crippen molar-refractivity contribution >= 4 is 32.7 Å². The van der Waals surface area contributed by atoms with Gasteiger partial charge in [0.25, 0.3) is 0 Å². The molecule has 0 bridgehead atoms. The summed E-state index contributed by atoms with van der Waals surface area (Å²) in [6, 6.07) is 69.1. The first kappa shape index (κ1) is 36.6. The van der Waals surface area contributed by atoms with E-state index in [1.54, 1.807) is 0 Å². The van der Waals surface area contributed by atoms with Crippen molar-refractivity contribution in [2.24, 2.45) is 5.92 Å². The molecule has 3 unspecified atom stereocenters. The third-order valence-electron chi connectivity index (χ3n) is 16.3. The standard InChI is InChI=1S/C65H44O/c1-39-17-16-31-57-62(39)50-26-10-13-29-55(50)65(57)56-30-14-15-32-61(56)66-63-49-25-7-6-22-45(49)51(38-60(63)65)44-21-5-4-20-43(44)42-33-34-48-46-23-8-11-27-53(46)64(58(48)37-42)54-28-12-9-24-47(54)52-35-40-18-2-3-19-41(40)36-59(52)64/h2-10,12-16,18-26,28-39H,11,17,27H2,1H3. The maximum Gasteiger partial charge on any atom is 0.140 e. The Bertz CT molecular complexity index is 3790. The molecule has 1 heteroatoms. The van der Waals surface area contributed by atoms with E-state index in [0.29, 0.717) is 5.92 Å². The fourth-order valence-corrected chi connectivity index (χ4v) is 13.7. The van der Waals surface area contributed by atoms with Crippen molar-refractivity contribution in [1.29, 1.82) is 0 Å². The van der Waals surface area contributed by atoms with Crippen LogP contribution < -0.4 is 4.74 Å². The highest BCUT2D eigenvalue weighted by molar-refractivity contribution is 6.07. The zero-order valence-electron chi connectivity index (χ0n) is 36.7. The first-order chi connectivity index (χ1) is 32.7. The number of allylic oxidation sites excluding steroid dienone is 8. The molecule has 0 saturated carbocycles. The van der Waals surface area contributed by atoms with Crippen LogP contribution in [0.4, 0.5) is 0 Å². The molecule has 0 fully saturated rings. The van der Waals surface area contributed by atoms with Gasteiger partial charge in [-0.05, 0) is 161 Å². The molecule has 15 rings (SSSR count). The molecule has 9 aromatic carbocycles. The van der Waals surface area contributed by atoms with Crippen LogP contribution >= 0.6 is 0 Å². The fourth-order valence-electron chi connectivity index (χ4n) is 13.7. The molecule has 1 nitrogen and oxygen atoms in total. The van der Waals surface area contributed by atoms with Crippen LogP contribution in [0.25, 0.3) is 66.1 Å². The summed E-state index contributed by atoms with van der Waals surface area (Å²) in [5, 5.41) is 4.91. The van der Waals surface area contributed by atoms with Gasteiger partial charge in [0.15, 0.2) is 0 Å². The minimum Gasteiger partial charge on any atom is -0.456 e. The van der Waals surface area contributed by atoms with Gasteiger partial charge in [-0.15, -0.1) is 0 Å². The zero-order chi connectivity index (χ0) is 43.3. The second kappa shape index (κ2) is 13.2. The van der Waals surface area contributed by atoms with Gasteiger partial charge in [-0.1, -0.05) is 183 Å². The molecule has 310 valence electrons. The maximum absolute atomic E-state index is 7.18. The Morgan fingerprint density at radius 3 is 1.97 bits per heavy atom. The van der Waals surface area contributed by atoms with E-state index < -0.39 is 5.41 Å². The van der Waals surface area contributed by atoms with Gasteiger partial charge in [0, 0.05) is 16.5 Å². The Labute approximate surface area is 385 Å². The lowest BCUT2D eigenvalue weighted by Gasteiger charge is -2.41. The zero-order valence-corrected chi connectivity index (χ0v) is 36.7. The average Bonchev–Trinajstić information content (AvgIpc) is 3.96. The predicted molar refractivity (Wildman–Crippen MR) is 272 cm³/mol. The van der Waals surface area contributed by atoms with Gasteiger partial charge in [0.2, 0.25) is 0 Å². The minimum atomic E-state index is -0.541. The summed E-state index contributed by atoms with van der Waals surface area (Å²) in [4.78, 5) is 0. The molecule has 3 atom stereocenters. The molecule has 0 radical (unpaired) electrons. The predicted octanol–water partition coefficient (Wildman–Crippen LogP) is 16.6. The van der Waals surface area contributed by atoms with Crippen LogP contribution in [0.5, 0.6) is 11.5 Å². The van der Waals surface area contributed by atoms with Crippen LogP contribution in [-0.4, -0.2) is 0 Å². The third-order valence-corrected chi connectivity index (χ3v) is 16.3. The highest BCUT2D eigenvalue weighted by atomic mass is 16.5. The van der Waals surface area contributed by atoms with Crippen molar-refractivity contribution < 1.29 is 4.74 Å². The number of hydrogen-bond acceptors (Lipinski definition) is 1. The molecule has 0 amide bonds. The van der Waals surface area contributed by atoms with E-state index in [-0.39, 0.29) is 5.41 Å². The van der Waals surface area contributed by atoms with E-state index in [4.69, 9.17) is 4.74 Å². The third kappa shape index (κ3) is 4.46. The van der Waals surface area contributed by atoms with E-state index in [1.807, 2.05) is 0 Å². The monoisotopic (exact) mass is 840 g/mol. The maximum atomic E-state index is 7.18. The first-order valence-corrected chi connectivity index (χ1v) is 23.8. The van der Waals surface area contributed by atoms with Gasteiger partial charge >= 0.3 is 0 Å². The number of benzene rings is 9. The molecule has 1 aliphatic heterocycles. The van der Waals surface area contributed by atoms with Crippen molar-refractivity contribution in [2.75, 3.05) is 0 Å². The summed E-state index contributed by atoms with van der Waals surface area (Å²) in [6.07, 6.45) is 12.8. The molecule has 0 N–H and O–H groups in total. The quantitative estimate of drug-likeness (QED) is 0.168. The van der Waals surface area contributed by atoms with Crippen molar-refractivity contribution in [3.05, 3.63) is 262 Å². The van der Waals surface area contributed by atoms with Crippen LogP contribution in [0.2, 0.25) is 0 Å².